The molecule has 0 saturated carbocycles. The minimum Gasteiger partial charge on any atom is -0.495 e. The summed E-state index contributed by atoms with van der Waals surface area (Å²) in [6, 6.07) is 14.0. The highest BCUT2D eigenvalue weighted by Gasteiger charge is 2.25. The van der Waals surface area contributed by atoms with E-state index in [1.54, 1.807) is 7.11 Å². The molecule has 1 aliphatic heterocycles. The Labute approximate surface area is 175 Å². The monoisotopic (exact) mass is 412 g/mol. The van der Waals surface area contributed by atoms with Crippen LogP contribution in [0.15, 0.2) is 42.5 Å². The molecular formula is C22H25ClN4O2. The summed E-state index contributed by atoms with van der Waals surface area (Å²) < 4.78 is 5.21. The molecule has 2 N–H and O–H groups in total. The van der Waals surface area contributed by atoms with Gasteiger partial charge in [0.1, 0.15) is 5.75 Å². The van der Waals surface area contributed by atoms with Gasteiger partial charge in [0.25, 0.3) is 0 Å². The quantitative estimate of drug-likeness (QED) is 0.615. The third-order valence-electron chi connectivity index (χ3n) is 5.43. The van der Waals surface area contributed by atoms with Crippen molar-refractivity contribution in [2.24, 2.45) is 5.92 Å². The molecule has 1 atom stereocenters. The van der Waals surface area contributed by atoms with Crippen LogP contribution in [-0.4, -0.2) is 48.7 Å². The molecule has 0 spiro atoms. The molecule has 29 heavy (non-hydrogen) atoms. The summed E-state index contributed by atoms with van der Waals surface area (Å²) in [5.41, 5.74) is 1.13. The predicted molar refractivity (Wildman–Crippen MR) is 117 cm³/mol. The van der Waals surface area contributed by atoms with Crippen LogP contribution in [0.2, 0.25) is 5.02 Å². The van der Waals surface area contributed by atoms with Gasteiger partial charge in [-0.05, 0) is 30.5 Å². The molecule has 0 aliphatic carbocycles. The van der Waals surface area contributed by atoms with Crippen LogP contribution in [0, 0.1) is 5.92 Å². The zero-order chi connectivity index (χ0) is 20.2. The first-order chi connectivity index (χ1) is 14.2. The van der Waals surface area contributed by atoms with Gasteiger partial charge in [-0.3, -0.25) is 0 Å². The van der Waals surface area contributed by atoms with Gasteiger partial charge < -0.3 is 20.1 Å². The van der Waals surface area contributed by atoms with Crippen molar-refractivity contribution in [3.05, 3.63) is 53.1 Å². The summed E-state index contributed by atoms with van der Waals surface area (Å²) in [5.74, 6) is 2.66. The normalized spacial score (nSPS) is 16.4. The van der Waals surface area contributed by atoms with Gasteiger partial charge in [0.2, 0.25) is 0 Å². The first-order valence-electron chi connectivity index (χ1n) is 9.87. The minimum atomic E-state index is 0.219. The first kappa shape index (κ1) is 19.7. The number of nitrogens with one attached hydrogen (secondary N) is 1. The maximum absolute atomic E-state index is 9.44. The lowest BCUT2D eigenvalue weighted by Gasteiger charge is -2.19. The minimum absolute atomic E-state index is 0.219. The molecule has 0 bridgehead atoms. The molecule has 1 saturated heterocycles. The molecule has 1 fully saturated rings. The molecule has 2 heterocycles. The number of halogens is 1. The Balaban J connectivity index is 1.50. The summed E-state index contributed by atoms with van der Waals surface area (Å²) in [6.45, 7) is 2.66. The van der Waals surface area contributed by atoms with E-state index in [1.165, 1.54) is 0 Å². The molecule has 1 aliphatic rings. The second-order valence-electron chi connectivity index (χ2n) is 7.35. The van der Waals surface area contributed by atoms with Crippen LogP contribution in [0.1, 0.15) is 12.0 Å². The van der Waals surface area contributed by atoms with Gasteiger partial charge in [-0.25, -0.2) is 0 Å². The number of aromatic nitrogens is 2. The fraction of sp³-hybridized carbons (Fsp3) is 0.364. The number of ether oxygens (including phenoxy) is 1. The summed E-state index contributed by atoms with van der Waals surface area (Å²) in [5, 5.41) is 24.6. The van der Waals surface area contributed by atoms with E-state index >= 15 is 0 Å². The van der Waals surface area contributed by atoms with Crippen LogP contribution >= 0.6 is 11.6 Å². The van der Waals surface area contributed by atoms with Crippen LogP contribution in [0.5, 0.6) is 5.75 Å². The van der Waals surface area contributed by atoms with Crippen molar-refractivity contribution in [3.8, 4) is 5.75 Å². The lowest BCUT2D eigenvalue weighted by atomic mass is 10.1. The van der Waals surface area contributed by atoms with E-state index in [1.807, 2.05) is 30.3 Å². The Kier molecular flexibility index (Phi) is 6.02. The summed E-state index contributed by atoms with van der Waals surface area (Å²) in [4.78, 5) is 2.22. The van der Waals surface area contributed by atoms with Crippen molar-refractivity contribution in [1.82, 2.24) is 10.2 Å². The molecular weight excluding hydrogens is 388 g/mol. The lowest BCUT2D eigenvalue weighted by molar-refractivity contribution is 0.238. The highest BCUT2D eigenvalue weighted by Crippen LogP contribution is 2.31. The number of aliphatic hydroxyl groups is 1. The Morgan fingerprint density at radius 3 is 2.76 bits per heavy atom. The molecule has 152 valence electrons. The number of hydrogen-bond acceptors (Lipinski definition) is 6. The van der Waals surface area contributed by atoms with Gasteiger partial charge in [0.15, 0.2) is 11.6 Å². The standard InChI is InChI=1S/C22H25ClN4O2/c1-29-20-7-6-15(12-19(20)23)8-10-24-21-17-4-2-3-5-18(17)22(26-25-21)27-11-9-16(13-27)14-28/h2-7,12,16,28H,8-11,13-14H2,1H3,(H,24,25). The SMILES string of the molecule is COc1ccc(CCNc2nnc(N3CCC(CO)C3)c3ccccc23)cc1Cl. The molecule has 6 nitrogen and oxygen atoms in total. The first-order valence-corrected chi connectivity index (χ1v) is 10.2. The molecule has 4 rings (SSSR count). The molecule has 0 amide bonds. The van der Waals surface area contributed by atoms with Crippen molar-refractivity contribution in [3.63, 3.8) is 0 Å². The molecule has 1 aromatic heterocycles. The Bertz CT molecular complexity index is 998. The van der Waals surface area contributed by atoms with E-state index in [0.29, 0.717) is 16.7 Å². The van der Waals surface area contributed by atoms with Crippen molar-refractivity contribution in [2.75, 3.05) is 43.6 Å². The van der Waals surface area contributed by atoms with Gasteiger partial charge in [0.05, 0.1) is 12.1 Å². The number of fused-ring (bicyclic) bond motifs is 1. The van der Waals surface area contributed by atoms with Gasteiger partial charge in [-0.1, -0.05) is 41.9 Å². The Morgan fingerprint density at radius 1 is 1.21 bits per heavy atom. The predicted octanol–water partition coefficient (Wildman–Crippen LogP) is 3.77. The Morgan fingerprint density at radius 2 is 2.03 bits per heavy atom. The van der Waals surface area contributed by atoms with E-state index in [-0.39, 0.29) is 6.61 Å². The highest BCUT2D eigenvalue weighted by atomic mass is 35.5. The number of nitrogens with zero attached hydrogens (tertiary/aromatic N) is 3. The number of methoxy groups -OCH3 is 1. The fourth-order valence-electron chi connectivity index (χ4n) is 3.82. The largest absolute Gasteiger partial charge is 0.495 e. The van der Waals surface area contributed by atoms with E-state index in [9.17, 15) is 5.11 Å². The third-order valence-corrected chi connectivity index (χ3v) is 5.73. The van der Waals surface area contributed by atoms with Gasteiger partial charge in [-0.15, -0.1) is 10.2 Å². The van der Waals surface area contributed by atoms with Crippen LogP contribution in [0.4, 0.5) is 11.6 Å². The third kappa shape index (κ3) is 4.23. The molecule has 2 aromatic carbocycles. The maximum Gasteiger partial charge on any atom is 0.159 e. The van der Waals surface area contributed by atoms with Gasteiger partial charge in [0, 0.05) is 42.9 Å². The molecule has 1 unspecified atom stereocenters. The molecule has 7 heteroatoms. The zero-order valence-electron chi connectivity index (χ0n) is 16.4. The second-order valence-corrected chi connectivity index (χ2v) is 7.75. The summed E-state index contributed by atoms with van der Waals surface area (Å²) >= 11 is 6.22. The number of aliphatic hydroxyl groups excluding tert-OH is 1. The fourth-order valence-corrected chi connectivity index (χ4v) is 4.10. The average molecular weight is 413 g/mol. The highest BCUT2D eigenvalue weighted by molar-refractivity contribution is 6.32. The number of rotatable bonds is 7. The van der Waals surface area contributed by atoms with E-state index in [4.69, 9.17) is 16.3 Å². The van der Waals surface area contributed by atoms with E-state index in [2.05, 4.69) is 32.5 Å². The van der Waals surface area contributed by atoms with Gasteiger partial charge >= 0.3 is 0 Å². The number of benzene rings is 2. The average Bonchev–Trinajstić information content (AvgIpc) is 3.23. The smallest absolute Gasteiger partial charge is 0.159 e. The number of anilines is 2. The molecule has 0 radical (unpaired) electrons. The van der Waals surface area contributed by atoms with E-state index < -0.39 is 0 Å². The van der Waals surface area contributed by atoms with Crippen LogP contribution in [0.25, 0.3) is 10.8 Å². The van der Waals surface area contributed by atoms with Crippen LogP contribution in [0.3, 0.4) is 0 Å². The summed E-state index contributed by atoms with van der Waals surface area (Å²) in [6.07, 6.45) is 1.79. The summed E-state index contributed by atoms with van der Waals surface area (Å²) in [7, 11) is 1.61. The van der Waals surface area contributed by atoms with Crippen molar-refractivity contribution in [1.29, 1.82) is 0 Å². The van der Waals surface area contributed by atoms with Crippen molar-refractivity contribution >= 4 is 34.0 Å². The van der Waals surface area contributed by atoms with Gasteiger partial charge in [-0.2, -0.15) is 0 Å². The van der Waals surface area contributed by atoms with E-state index in [0.717, 1.165) is 60.4 Å². The number of hydrogen-bond donors (Lipinski definition) is 2. The Hall–Kier alpha value is -2.57. The van der Waals surface area contributed by atoms with Crippen LogP contribution in [-0.2, 0) is 6.42 Å². The van der Waals surface area contributed by atoms with Crippen molar-refractivity contribution in [2.45, 2.75) is 12.8 Å². The molecule has 3 aromatic rings. The van der Waals surface area contributed by atoms with Crippen LogP contribution < -0.4 is 15.0 Å². The van der Waals surface area contributed by atoms with Crippen molar-refractivity contribution < 1.29 is 9.84 Å². The zero-order valence-corrected chi connectivity index (χ0v) is 17.2. The second kappa shape index (κ2) is 8.84. The maximum atomic E-state index is 9.44. The topological polar surface area (TPSA) is 70.5 Å². The lowest BCUT2D eigenvalue weighted by Crippen LogP contribution is -2.22.